The predicted octanol–water partition coefficient (Wildman–Crippen LogP) is 2.45. The number of ketones is 1. The summed E-state index contributed by atoms with van der Waals surface area (Å²) in [4.78, 5) is 50.7. The van der Waals surface area contributed by atoms with E-state index in [1.54, 1.807) is 30.3 Å². The number of nitrogens with zero attached hydrogens (tertiary/aromatic N) is 1. The van der Waals surface area contributed by atoms with Gasteiger partial charge in [-0.25, -0.2) is 4.79 Å². The van der Waals surface area contributed by atoms with Gasteiger partial charge in [0.1, 0.15) is 6.04 Å². The molecule has 1 aliphatic heterocycles. The maximum absolute atomic E-state index is 12.9. The Morgan fingerprint density at radius 3 is 2.26 bits per heavy atom. The molecule has 3 rings (SSSR count). The Hall–Kier alpha value is -3.48. The van der Waals surface area contributed by atoms with Crippen LogP contribution in [0.25, 0.3) is 0 Å². The van der Waals surface area contributed by atoms with Crippen molar-refractivity contribution < 1.29 is 24.3 Å². The van der Waals surface area contributed by atoms with E-state index in [0.29, 0.717) is 31.4 Å². The van der Waals surface area contributed by atoms with Gasteiger partial charge in [0.2, 0.25) is 5.91 Å². The molecule has 1 heterocycles. The fourth-order valence-electron chi connectivity index (χ4n) is 3.80. The van der Waals surface area contributed by atoms with Crippen LogP contribution in [0.1, 0.15) is 41.6 Å². The van der Waals surface area contributed by atoms with Crippen LogP contribution in [0.15, 0.2) is 60.7 Å². The molecule has 0 aromatic heterocycles. The summed E-state index contributed by atoms with van der Waals surface area (Å²) < 4.78 is 0. The van der Waals surface area contributed by atoms with Gasteiger partial charge in [0.25, 0.3) is 5.91 Å². The van der Waals surface area contributed by atoms with Crippen molar-refractivity contribution in [3.8, 4) is 0 Å². The van der Waals surface area contributed by atoms with E-state index in [4.69, 9.17) is 0 Å². The normalized spacial score (nSPS) is 16.5. The summed E-state index contributed by atoms with van der Waals surface area (Å²) in [5, 5.41) is 12.1. The molecule has 2 atom stereocenters. The highest BCUT2D eigenvalue weighted by Gasteiger charge is 2.34. The molecule has 0 radical (unpaired) electrons. The van der Waals surface area contributed by atoms with Gasteiger partial charge in [-0.2, -0.15) is 0 Å². The molecule has 2 aromatic rings. The highest BCUT2D eigenvalue weighted by atomic mass is 16.4. The number of aliphatic carboxylic acids is 1. The van der Waals surface area contributed by atoms with Gasteiger partial charge in [-0.1, -0.05) is 48.5 Å². The number of carbonyl (C=O) groups excluding carboxylic acids is 3. The van der Waals surface area contributed by atoms with Gasteiger partial charge in [-0.05, 0) is 37.0 Å². The lowest BCUT2D eigenvalue weighted by molar-refractivity contribution is -0.148. The summed E-state index contributed by atoms with van der Waals surface area (Å²) in [7, 11) is 0. The Morgan fingerprint density at radius 2 is 1.61 bits per heavy atom. The van der Waals surface area contributed by atoms with Crippen LogP contribution in [0.3, 0.4) is 0 Å². The maximum Gasteiger partial charge on any atom is 0.326 e. The van der Waals surface area contributed by atoms with Crippen LogP contribution in [0.2, 0.25) is 0 Å². The molecule has 1 aliphatic rings. The van der Waals surface area contributed by atoms with Crippen LogP contribution in [-0.2, 0) is 20.8 Å². The fourth-order valence-corrected chi connectivity index (χ4v) is 3.80. The van der Waals surface area contributed by atoms with Crippen molar-refractivity contribution in [2.75, 3.05) is 6.54 Å². The van der Waals surface area contributed by atoms with Gasteiger partial charge in [0.05, 0.1) is 6.04 Å². The zero-order valence-electron chi connectivity index (χ0n) is 17.2. The van der Waals surface area contributed by atoms with E-state index in [0.717, 1.165) is 5.56 Å². The molecule has 7 nitrogen and oxygen atoms in total. The summed E-state index contributed by atoms with van der Waals surface area (Å²) >= 11 is 0. The van der Waals surface area contributed by atoms with Crippen molar-refractivity contribution in [1.29, 1.82) is 0 Å². The van der Waals surface area contributed by atoms with Crippen molar-refractivity contribution in [1.82, 2.24) is 10.2 Å². The monoisotopic (exact) mass is 422 g/mol. The summed E-state index contributed by atoms with van der Waals surface area (Å²) in [6, 6.07) is 16.4. The molecular weight excluding hydrogens is 396 g/mol. The zero-order valence-corrected chi connectivity index (χ0v) is 17.2. The minimum atomic E-state index is -1.02. The highest BCUT2D eigenvalue weighted by molar-refractivity contribution is 5.98. The first-order valence-corrected chi connectivity index (χ1v) is 10.4. The van der Waals surface area contributed by atoms with Crippen molar-refractivity contribution in [2.24, 2.45) is 0 Å². The Bertz CT molecular complexity index is 930. The quantitative estimate of drug-likeness (QED) is 0.646. The lowest BCUT2D eigenvalue weighted by Gasteiger charge is -2.22. The number of rotatable bonds is 9. The number of carboxylic acid groups (broad SMARTS) is 1. The van der Waals surface area contributed by atoms with E-state index in [1.165, 1.54) is 4.90 Å². The van der Waals surface area contributed by atoms with Gasteiger partial charge >= 0.3 is 5.97 Å². The molecule has 1 saturated heterocycles. The minimum Gasteiger partial charge on any atom is -0.480 e. The number of likely N-dealkylation sites (tertiary alicyclic amines) is 1. The first-order chi connectivity index (χ1) is 15.0. The smallest absolute Gasteiger partial charge is 0.326 e. The molecule has 0 unspecified atom stereocenters. The molecule has 0 saturated carbocycles. The van der Waals surface area contributed by atoms with Crippen LogP contribution in [0.5, 0.6) is 0 Å². The second-order valence-corrected chi connectivity index (χ2v) is 7.63. The third-order valence-corrected chi connectivity index (χ3v) is 5.46. The number of hydrogen-bond acceptors (Lipinski definition) is 4. The summed E-state index contributed by atoms with van der Waals surface area (Å²) in [6.07, 6.45) is 1.25. The third kappa shape index (κ3) is 6.01. The number of carbonyl (C=O) groups is 4. The average Bonchev–Trinajstić information content (AvgIpc) is 3.28. The first kappa shape index (κ1) is 22.2. The Labute approximate surface area is 181 Å². The minimum absolute atomic E-state index is 0.0613. The van der Waals surface area contributed by atoms with Crippen molar-refractivity contribution in [2.45, 2.75) is 44.2 Å². The zero-order chi connectivity index (χ0) is 22.2. The summed E-state index contributed by atoms with van der Waals surface area (Å²) in [6.45, 7) is 0.391. The van der Waals surface area contributed by atoms with Crippen LogP contribution < -0.4 is 5.32 Å². The van der Waals surface area contributed by atoms with Crippen LogP contribution in [0.4, 0.5) is 0 Å². The van der Waals surface area contributed by atoms with Crippen molar-refractivity contribution in [3.05, 3.63) is 71.8 Å². The average molecular weight is 422 g/mol. The van der Waals surface area contributed by atoms with E-state index >= 15 is 0 Å². The lowest BCUT2D eigenvalue weighted by Crippen LogP contribution is -2.44. The molecule has 7 heteroatoms. The summed E-state index contributed by atoms with van der Waals surface area (Å²) in [5.41, 5.74) is 1.34. The number of carboxylic acids is 1. The standard InChI is InChI=1S/C24H26N2O5/c27-21(13-14-22(28)26-15-7-12-20(26)24(30)31)19(16-17-8-3-1-4-9-17)25-23(29)18-10-5-2-6-11-18/h1-6,8-11,19-20H,7,12-16H2,(H,25,29)(H,30,31)/t19-,20-/m0/s1. The van der Waals surface area contributed by atoms with E-state index in [9.17, 15) is 24.3 Å². The van der Waals surface area contributed by atoms with Gasteiger partial charge in [-0.3, -0.25) is 14.4 Å². The van der Waals surface area contributed by atoms with Crippen LogP contribution in [0, 0.1) is 0 Å². The first-order valence-electron chi connectivity index (χ1n) is 10.4. The maximum atomic E-state index is 12.9. The van der Waals surface area contributed by atoms with E-state index in [-0.39, 0.29) is 30.4 Å². The molecule has 31 heavy (non-hydrogen) atoms. The molecular formula is C24H26N2O5. The number of hydrogen-bond donors (Lipinski definition) is 2. The van der Waals surface area contributed by atoms with Crippen LogP contribution in [-0.4, -0.2) is 52.2 Å². The number of nitrogens with one attached hydrogen (secondary N) is 1. The Balaban J connectivity index is 1.66. The van der Waals surface area contributed by atoms with Crippen LogP contribution >= 0.6 is 0 Å². The molecule has 2 N–H and O–H groups in total. The largest absolute Gasteiger partial charge is 0.480 e. The molecule has 2 aromatic carbocycles. The highest BCUT2D eigenvalue weighted by Crippen LogP contribution is 2.19. The van der Waals surface area contributed by atoms with Crippen molar-refractivity contribution >= 4 is 23.6 Å². The van der Waals surface area contributed by atoms with Gasteiger partial charge in [0, 0.05) is 24.9 Å². The van der Waals surface area contributed by atoms with E-state index in [2.05, 4.69) is 5.32 Å². The number of Topliss-reactive ketones (excluding diaryl/α,β-unsaturated/α-hetero) is 1. The van der Waals surface area contributed by atoms with Crippen molar-refractivity contribution in [3.63, 3.8) is 0 Å². The van der Waals surface area contributed by atoms with Gasteiger partial charge < -0.3 is 15.3 Å². The lowest BCUT2D eigenvalue weighted by atomic mass is 9.98. The topological polar surface area (TPSA) is 104 Å². The summed E-state index contributed by atoms with van der Waals surface area (Å²) in [5.74, 6) is -1.97. The second-order valence-electron chi connectivity index (χ2n) is 7.63. The Kier molecular flexibility index (Phi) is 7.54. The number of benzene rings is 2. The number of amides is 2. The molecule has 0 bridgehead atoms. The SMILES string of the molecule is O=C(N[C@@H](Cc1ccccc1)C(=O)CCC(=O)N1CCC[C@H]1C(=O)O)c1ccccc1. The van der Waals surface area contributed by atoms with Gasteiger partial charge in [0.15, 0.2) is 5.78 Å². The molecule has 2 amide bonds. The molecule has 0 spiro atoms. The Morgan fingerprint density at radius 1 is 0.968 bits per heavy atom. The van der Waals surface area contributed by atoms with E-state index in [1.807, 2.05) is 30.3 Å². The third-order valence-electron chi connectivity index (χ3n) is 5.46. The van der Waals surface area contributed by atoms with E-state index < -0.39 is 18.1 Å². The molecule has 0 aliphatic carbocycles. The van der Waals surface area contributed by atoms with Gasteiger partial charge in [-0.15, -0.1) is 0 Å². The second kappa shape index (κ2) is 10.5. The molecule has 162 valence electrons. The molecule has 1 fully saturated rings. The predicted molar refractivity (Wildman–Crippen MR) is 114 cm³/mol. The fraction of sp³-hybridized carbons (Fsp3) is 0.333.